The first-order valence-electron chi connectivity index (χ1n) is 7.59. The van der Waals surface area contributed by atoms with Crippen molar-refractivity contribution in [3.63, 3.8) is 0 Å². The fourth-order valence-corrected chi connectivity index (χ4v) is 2.04. The van der Waals surface area contributed by atoms with Crippen LogP contribution in [0.2, 0.25) is 0 Å². The van der Waals surface area contributed by atoms with E-state index in [2.05, 4.69) is 4.74 Å². The molecule has 2 rings (SSSR count). The van der Waals surface area contributed by atoms with Crippen LogP contribution in [0.15, 0.2) is 54.6 Å². The smallest absolute Gasteiger partial charge is 0.337 e. The first-order valence-corrected chi connectivity index (χ1v) is 7.59. The fraction of sp³-hybridized carbons (Fsp3) is 0.263. The van der Waals surface area contributed by atoms with Crippen LogP contribution in [0.3, 0.4) is 0 Å². The molecule has 0 aliphatic carbocycles. The highest BCUT2D eigenvalue weighted by molar-refractivity contribution is 5.89. The Bertz CT molecular complexity index is 681. The number of benzene rings is 2. The van der Waals surface area contributed by atoms with E-state index in [-0.39, 0.29) is 6.61 Å². The molecule has 0 heterocycles. The molecule has 0 bridgehead atoms. The molecule has 2 aromatic carbocycles. The van der Waals surface area contributed by atoms with Crippen LogP contribution in [-0.4, -0.2) is 25.2 Å². The molecule has 5 heteroatoms. The number of hydrogen-bond donors (Lipinski definition) is 0. The predicted molar refractivity (Wildman–Crippen MR) is 88.3 cm³/mol. The van der Waals surface area contributed by atoms with Gasteiger partial charge >= 0.3 is 11.9 Å². The van der Waals surface area contributed by atoms with Gasteiger partial charge in [-0.15, -0.1) is 0 Å². The Morgan fingerprint density at radius 2 is 1.67 bits per heavy atom. The molecule has 0 spiro atoms. The summed E-state index contributed by atoms with van der Waals surface area (Å²) < 4.78 is 15.4. The van der Waals surface area contributed by atoms with E-state index in [1.54, 1.807) is 31.2 Å². The van der Waals surface area contributed by atoms with Crippen LogP contribution in [0.25, 0.3) is 0 Å². The lowest BCUT2D eigenvalue weighted by atomic mass is 10.1. The fourth-order valence-electron chi connectivity index (χ4n) is 2.04. The number of ether oxygens (including phenoxy) is 3. The van der Waals surface area contributed by atoms with Crippen LogP contribution in [0.4, 0.5) is 0 Å². The lowest BCUT2D eigenvalue weighted by molar-refractivity contribution is -0.158. The SMILES string of the molecule is COC(=O)c1cccc(COC(=O)C(C)OCc2ccccc2)c1. The van der Waals surface area contributed by atoms with Crippen molar-refractivity contribution in [2.75, 3.05) is 7.11 Å². The number of rotatable bonds is 7. The molecule has 2 aromatic rings. The van der Waals surface area contributed by atoms with Gasteiger partial charge in [-0.3, -0.25) is 0 Å². The van der Waals surface area contributed by atoms with E-state index in [4.69, 9.17) is 9.47 Å². The maximum absolute atomic E-state index is 12.0. The van der Waals surface area contributed by atoms with E-state index < -0.39 is 18.0 Å². The Hall–Kier alpha value is -2.66. The van der Waals surface area contributed by atoms with Gasteiger partial charge in [0.2, 0.25) is 0 Å². The molecule has 0 radical (unpaired) electrons. The van der Waals surface area contributed by atoms with Crippen molar-refractivity contribution < 1.29 is 23.8 Å². The summed E-state index contributed by atoms with van der Waals surface area (Å²) in [5, 5.41) is 0. The molecule has 0 saturated carbocycles. The third-order valence-electron chi connectivity index (χ3n) is 3.40. The van der Waals surface area contributed by atoms with Crippen LogP contribution >= 0.6 is 0 Å². The molecule has 0 aliphatic heterocycles. The monoisotopic (exact) mass is 328 g/mol. The number of methoxy groups -OCH3 is 1. The summed E-state index contributed by atoms with van der Waals surface area (Å²) in [4.78, 5) is 23.5. The van der Waals surface area contributed by atoms with Crippen molar-refractivity contribution >= 4 is 11.9 Å². The molecule has 24 heavy (non-hydrogen) atoms. The van der Waals surface area contributed by atoms with E-state index in [0.717, 1.165) is 5.56 Å². The van der Waals surface area contributed by atoms with Crippen molar-refractivity contribution in [2.24, 2.45) is 0 Å². The average molecular weight is 328 g/mol. The molecule has 0 amide bonds. The Balaban J connectivity index is 1.83. The highest BCUT2D eigenvalue weighted by Crippen LogP contribution is 2.10. The zero-order valence-electron chi connectivity index (χ0n) is 13.7. The largest absolute Gasteiger partial charge is 0.465 e. The topological polar surface area (TPSA) is 61.8 Å². The Labute approximate surface area is 141 Å². The molecular formula is C19H20O5. The Morgan fingerprint density at radius 3 is 2.38 bits per heavy atom. The molecule has 0 aromatic heterocycles. The third-order valence-corrected chi connectivity index (χ3v) is 3.40. The average Bonchev–Trinajstić information content (AvgIpc) is 2.64. The summed E-state index contributed by atoms with van der Waals surface area (Å²) in [5.41, 5.74) is 2.11. The van der Waals surface area contributed by atoms with Gasteiger partial charge in [-0.1, -0.05) is 42.5 Å². The van der Waals surface area contributed by atoms with Crippen molar-refractivity contribution in [3.8, 4) is 0 Å². The van der Waals surface area contributed by atoms with Crippen LogP contribution < -0.4 is 0 Å². The summed E-state index contributed by atoms with van der Waals surface area (Å²) in [5.74, 6) is -0.878. The van der Waals surface area contributed by atoms with Gasteiger partial charge in [0.25, 0.3) is 0 Å². The maximum atomic E-state index is 12.0. The molecule has 1 atom stereocenters. The zero-order chi connectivity index (χ0) is 17.4. The van der Waals surface area contributed by atoms with Gasteiger partial charge in [0.05, 0.1) is 19.3 Å². The second-order valence-electron chi connectivity index (χ2n) is 5.24. The molecule has 0 saturated heterocycles. The molecular weight excluding hydrogens is 308 g/mol. The van der Waals surface area contributed by atoms with Gasteiger partial charge in [0.1, 0.15) is 6.61 Å². The third kappa shape index (κ3) is 5.21. The van der Waals surface area contributed by atoms with Gasteiger partial charge in [0, 0.05) is 0 Å². The van der Waals surface area contributed by atoms with Crippen LogP contribution in [0, 0.1) is 0 Å². The number of carbonyl (C=O) groups is 2. The minimum absolute atomic E-state index is 0.0721. The van der Waals surface area contributed by atoms with Crippen LogP contribution in [-0.2, 0) is 32.2 Å². The molecule has 5 nitrogen and oxygen atoms in total. The highest BCUT2D eigenvalue weighted by Gasteiger charge is 2.15. The summed E-state index contributed by atoms with van der Waals surface area (Å²) in [6.07, 6.45) is -0.672. The summed E-state index contributed by atoms with van der Waals surface area (Å²) in [6, 6.07) is 16.4. The molecule has 0 N–H and O–H groups in total. The first-order chi connectivity index (χ1) is 11.6. The lowest BCUT2D eigenvalue weighted by Gasteiger charge is -2.13. The van der Waals surface area contributed by atoms with E-state index in [9.17, 15) is 9.59 Å². The van der Waals surface area contributed by atoms with E-state index in [1.807, 2.05) is 30.3 Å². The summed E-state index contributed by atoms with van der Waals surface area (Å²) in [6.45, 7) is 2.06. The van der Waals surface area contributed by atoms with Crippen LogP contribution in [0.5, 0.6) is 0 Å². The second-order valence-corrected chi connectivity index (χ2v) is 5.24. The van der Waals surface area contributed by atoms with E-state index in [0.29, 0.717) is 17.7 Å². The van der Waals surface area contributed by atoms with Gasteiger partial charge in [0.15, 0.2) is 6.10 Å². The number of carbonyl (C=O) groups excluding carboxylic acids is 2. The first kappa shape index (κ1) is 17.7. The maximum Gasteiger partial charge on any atom is 0.337 e. The van der Waals surface area contributed by atoms with E-state index in [1.165, 1.54) is 7.11 Å². The summed E-state index contributed by atoms with van der Waals surface area (Å²) >= 11 is 0. The van der Waals surface area contributed by atoms with Crippen molar-refractivity contribution in [2.45, 2.75) is 26.2 Å². The Morgan fingerprint density at radius 1 is 0.958 bits per heavy atom. The van der Waals surface area contributed by atoms with Crippen molar-refractivity contribution in [1.29, 1.82) is 0 Å². The summed E-state index contributed by atoms with van der Waals surface area (Å²) in [7, 11) is 1.32. The minimum atomic E-state index is -0.672. The number of esters is 2. The molecule has 1 unspecified atom stereocenters. The predicted octanol–water partition coefficient (Wildman–Crippen LogP) is 3.12. The lowest BCUT2D eigenvalue weighted by Crippen LogP contribution is -2.23. The standard InChI is InChI=1S/C19H20O5/c1-14(23-12-15-7-4-3-5-8-15)18(20)24-13-16-9-6-10-17(11-16)19(21)22-2/h3-11,14H,12-13H2,1-2H3. The van der Waals surface area contributed by atoms with Gasteiger partial charge in [-0.2, -0.15) is 0 Å². The van der Waals surface area contributed by atoms with Crippen molar-refractivity contribution in [3.05, 3.63) is 71.3 Å². The minimum Gasteiger partial charge on any atom is -0.465 e. The second kappa shape index (κ2) is 8.84. The van der Waals surface area contributed by atoms with Gasteiger partial charge in [-0.25, -0.2) is 9.59 Å². The van der Waals surface area contributed by atoms with Gasteiger partial charge in [-0.05, 0) is 30.2 Å². The van der Waals surface area contributed by atoms with E-state index >= 15 is 0 Å². The quantitative estimate of drug-likeness (QED) is 0.731. The highest BCUT2D eigenvalue weighted by atomic mass is 16.6. The van der Waals surface area contributed by atoms with Crippen molar-refractivity contribution in [1.82, 2.24) is 0 Å². The van der Waals surface area contributed by atoms with Gasteiger partial charge < -0.3 is 14.2 Å². The molecule has 0 fully saturated rings. The number of hydrogen-bond acceptors (Lipinski definition) is 5. The van der Waals surface area contributed by atoms with Crippen LogP contribution in [0.1, 0.15) is 28.4 Å². The molecule has 0 aliphatic rings. The zero-order valence-corrected chi connectivity index (χ0v) is 13.7. The molecule has 126 valence electrons. The normalized spacial score (nSPS) is 11.6. The Kier molecular flexibility index (Phi) is 6.51.